The highest BCUT2D eigenvalue weighted by atomic mass is 35.5. The Morgan fingerprint density at radius 3 is 2.76 bits per heavy atom. The summed E-state index contributed by atoms with van der Waals surface area (Å²) in [6.45, 7) is 0. The predicted octanol–water partition coefficient (Wildman–Crippen LogP) is 3.17. The molecule has 0 bridgehead atoms. The summed E-state index contributed by atoms with van der Waals surface area (Å²) >= 11 is 11.3. The van der Waals surface area contributed by atoms with E-state index in [4.69, 9.17) is 23.2 Å². The number of nitro groups is 1. The van der Waals surface area contributed by atoms with E-state index >= 15 is 0 Å². The normalized spacial score (nSPS) is 10.5. The second-order valence-corrected chi connectivity index (χ2v) is 3.95. The summed E-state index contributed by atoms with van der Waals surface area (Å²) in [4.78, 5) is 10.2. The summed E-state index contributed by atoms with van der Waals surface area (Å²) < 4.78 is 1.51. The third kappa shape index (κ3) is 2.40. The summed E-state index contributed by atoms with van der Waals surface area (Å²) in [5, 5.41) is 15.0. The van der Waals surface area contributed by atoms with E-state index in [-0.39, 0.29) is 10.7 Å². The number of aromatic nitrogens is 2. The zero-order chi connectivity index (χ0) is 12.4. The summed E-state index contributed by atoms with van der Waals surface area (Å²) in [5.74, 6) is 0.294. The summed E-state index contributed by atoms with van der Waals surface area (Å²) in [6.07, 6.45) is 1.69. The molecule has 0 aliphatic carbocycles. The van der Waals surface area contributed by atoms with Gasteiger partial charge in [0, 0.05) is 12.3 Å². The molecule has 0 aliphatic rings. The van der Waals surface area contributed by atoms with Crippen LogP contribution in [-0.2, 0) is 5.88 Å². The van der Waals surface area contributed by atoms with Gasteiger partial charge >= 0.3 is 0 Å². The van der Waals surface area contributed by atoms with Crippen molar-refractivity contribution >= 4 is 28.9 Å². The van der Waals surface area contributed by atoms with Crippen molar-refractivity contribution in [1.29, 1.82) is 0 Å². The van der Waals surface area contributed by atoms with Gasteiger partial charge in [0.15, 0.2) is 0 Å². The molecule has 0 saturated heterocycles. The molecule has 0 aliphatic heterocycles. The van der Waals surface area contributed by atoms with Crippen molar-refractivity contribution in [3.05, 3.63) is 51.3 Å². The minimum Gasteiger partial charge on any atom is -0.258 e. The van der Waals surface area contributed by atoms with Crippen molar-refractivity contribution in [2.45, 2.75) is 5.88 Å². The Bertz CT molecular complexity index is 568. The van der Waals surface area contributed by atoms with Crippen molar-refractivity contribution in [3.63, 3.8) is 0 Å². The average molecular weight is 272 g/mol. The molecule has 17 heavy (non-hydrogen) atoms. The summed E-state index contributed by atoms with van der Waals surface area (Å²) in [5.41, 5.74) is 1.12. The van der Waals surface area contributed by atoms with Gasteiger partial charge in [-0.3, -0.25) is 10.1 Å². The van der Waals surface area contributed by atoms with Crippen LogP contribution in [0.1, 0.15) is 5.69 Å². The number of benzene rings is 1. The van der Waals surface area contributed by atoms with Crippen LogP contribution in [0.3, 0.4) is 0 Å². The molecule has 0 N–H and O–H groups in total. The fraction of sp³-hybridized carbons (Fsp3) is 0.100. The van der Waals surface area contributed by atoms with Gasteiger partial charge in [0.25, 0.3) is 5.69 Å². The van der Waals surface area contributed by atoms with E-state index in [1.165, 1.54) is 16.8 Å². The molecular weight excluding hydrogens is 265 g/mol. The summed E-state index contributed by atoms with van der Waals surface area (Å²) in [7, 11) is 0. The highest BCUT2D eigenvalue weighted by Crippen LogP contribution is 2.26. The van der Waals surface area contributed by atoms with Crippen molar-refractivity contribution in [1.82, 2.24) is 9.78 Å². The van der Waals surface area contributed by atoms with Gasteiger partial charge in [0.05, 0.1) is 22.2 Å². The van der Waals surface area contributed by atoms with E-state index in [1.807, 2.05) is 0 Å². The van der Waals surface area contributed by atoms with Crippen molar-refractivity contribution in [2.75, 3.05) is 0 Å². The molecule has 0 amide bonds. The molecule has 2 aromatic rings. The lowest BCUT2D eigenvalue weighted by molar-refractivity contribution is -0.384. The smallest absolute Gasteiger partial charge is 0.258 e. The van der Waals surface area contributed by atoms with E-state index in [2.05, 4.69) is 5.10 Å². The Labute approximate surface area is 107 Å². The van der Waals surface area contributed by atoms with E-state index in [0.717, 1.165) is 0 Å². The molecule has 88 valence electrons. The highest BCUT2D eigenvalue weighted by molar-refractivity contribution is 6.32. The molecule has 0 unspecified atom stereocenters. The first kappa shape index (κ1) is 11.9. The minimum atomic E-state index is -0.530. The molecule has 1 aromatic heterocycles. The van der Waals surface area contributed by atoms with Crippen LogP contribution < -0.4 is 0 Å². The van der Waals surface area contributed by atoms with Crippen molar-refractivity contribution in [2.24, 2.45) is 0 Å². The fourth-order valence-electron chi connectivity index (χ4n) is 1.36. The van der Waals surface area contributed by atoms with Gasteiger partial charge in [-0.05, 0) is 18.2 Å². The topological polar surface area (TPSA) is 61.0 Å². The lowest BCUT2D eigenvalue weighted by Gasteiger charge is -2.02. The number of hydrogen-bond acceptors (Lipinski definition) is 3. The van der Waals surface area contributed by atoms with Gasteiger partial charge in [0.1, 0.15) is 5.02 Å². The lowest BCUT2D eigenvalue weighted by atomic mass is 10.3. The van der Waals surface area contributed by atoms with E-state index in [0.29, 0.717) is 17.3 Å². The molecule has 0 radical (unpaired) electrons. The third-order valence-corrected chi connectivity index (χ3v) is 2.77. The first-order valence-electron chi connectivity index (χ1n) is 4.66. The second-order valence-electron chi connectivity index (χ2n) is 3.28. The monoisotopic (exact) mass is 271 g/mol. The molecule has 0 fully saturated rings. The largest absolute Gasteiger partial charge is 0.290 e. The van der Waals surface area contributed by atoms with Crippen LogP contribution in [0, 0.1) is 10.1 Å². The maximum atomic E-state index is 10.7. The third-order valence-electron chi connectivity index (χ3n) is 2.17. The van der Waals surface area contributed by atoms with Crippen LogP contribution in [0.4, 0.5) is 5.69 Å². The molecule has 0 spiro atoms. The van der Waals surface area contributed by atoms with Crippen LogP contribution in [0.2, 0.25) is 5.02 Å². The first-order valence-corrected chi connectivity index (χ1v) is 5.58. The van der Waals surface area contributed by atoms with Crippen LogP contribution in [0.5, 0.6) is 0 Å². The molecular formula is C10H7Cl2N3O2. The van der Waals surface area contributed by atoms with Crippen LogP contribution in [0.25, 0.3) is 5.69 Å². The number of hydrogen-bond donors (Lipinski definition) is 0. The molecule has 5 nitrogen and oxygen atoms in total. The van der Waals surface area contributed by atoms with E-state index < -0.39 is 4.92 Å². The molecule has 7 heteroatoms. The van der Waals surface area contributed by atoms with Gasteiger partial charge in [-0.15, -0.1) is 11.6 Å². The molecule has 0 atom stereocenters. The predicted molar refractivity (Wildman–Crippen MR) is 64.8 cm³/mol. The van der Waals surface area contributed by atoms with Crippen LogP contribution in [-0.4, -0.2) is 14.7 Å². The second kappa shape index (κ2) is 4.73. The molecule has 0 saturated carbocycles. The summed E-state index contributed by atoms with van der Waals surface area (Å²) in [6, 6.07) is 6.23. The minimum absolute atomic E-state index is 0.100. The van der Waals surface area contributed by atoms with Gasteiger partial charge in [-0.2, -0.15) is 5.10 Å². The van der Waals surface area contributed by atoms with E-state index in [9.17, 15) is 10.1 Å². The molecule has 1 heterocycles. The van der Waals surface area contributed by atoms with E-state index in [1.54, 1.807) is 18.3 Å². The maximum absolute atomic E-state index is 10.7. The number of nitro benzene ring substituents is 1. The number of halogens is 2. The Balaban J connectivity index is 2.46. The van der Waals surface area contributed by atoms with Crippen molar-refractivity contribution < 1.29 is 4.92 Å². The number of rotatable bonds is 3. The lowest BCUT2D eigenvalue weighted by Crippen LogP contribution is -1.97. The van der Waals surface area contributed by atoms with Gasteiger partial charge in [-0.1, -0.05) is 11.6 Å². The number of alkyl halides is 1. The maximum Gasteiger partial charge on any atom is 0.290 e. The Morgan fingerprint density at radius 2 is 2.18 bits per heavy atom. The SMILES string of the molecule is O=[N+]([O-])c1cc(-n2ccc(CCl)n2)ccc1Cl. The Hall–Kier alpha value is -1.59. The highest BCUT2D eigenvalue weighted by Gasteiger charge is 2.13. The zero-order valence-corrected chi connectivity index (χ0v) is 10.0. The molecule has 1 aromatic carbocycles. The number of nitrogens with zero attached hydrogens (tertiary/aromatic N) is 3. The van der Waals surface area contributed by atoms with Gasteiger partial charge < -0.3 is 0 Å². The zero-order valence-electron chi connectivity index (χ0n) is 8.51. The fourth-order valence-corrected chi connectivity index (χ4v) is 1.69. The standard InChI is InChI=1S/C10H7Cl2N3O2/c11-6-7-3-4-14(13-7)8-1-2-9(12)10(5-8)15(16)17/h1-5H,6H2. The van der Waals surface area contributed by atoms with Gasteiger partial charge in [0.2, 0.25) is 0 Å². The Kier molecular flexibility index (Phi) is 3.31. The first-order chi connectivity index (χ1) is 8.11. The van der Waals surface area contributed by atoms with Gasteiger partial charge in [-0.25, -0.2) is 4.68 Å². The van der Waals surface area contributed by atoms with Crippen LogP contribution >= 0.6 is 23.2 Å². The average Bonchev–Trinajstić information content (AvgIpc) is 2.78. The molecule has 2 rings (SSSR count). The quantitative estimate of drug-likeness (QED) is 0.489. The van der Waals surface area contributed by atoms with Crippen LogP contribution in [0.15, 0.2) is 30.5 Å². The Morgan fingerprint density at radius 1 is 1.41 bits per heavy atom. The van der Waals surface area contributed by atoms with Crippen molar-refractivity contribution in [3.8, 4) is 5.69 Å².